The van der Waals surface area contributed by atoms with E-state index in [0.29, 0.717) is 0 Å². The summed E-state index contributed by atoms with van der Waals surface area (Å²) >= 11 is 0. The van der Waals surface area contributed by atoms with Crippen LogP contribution in [0.1, 0.15) is 30.6 Å². The number of hydrogen-bond donors (Lipinski definition) is 2. The Bertz CT molecular complexity index is 479. The van der Waals surface area contributed by atoms with E-state index in [9.17, 15) is 27.5 Å². The second kappa shape index (κ2) is 6.69. The van der Waals surface area contributed by atoms with Crippen molar-refractivity contribution in [1.82, 2.24) is 5.32 Å². The Morgan fingerprint density at radius 2 is 1.70 bits per heavy atom. The molecule has 0 aliphatic carbocycles. The molecule has 0 aromatic heterocycles. The standard InChI is InChI=1S/C13H15F4NO2/c1-6(2)9(19)3-4-18-13(20)10-11(16)7(14)5-8(15)12(10)17/h5-6,9,19H,3-4H2,1-2H3,(H,18,20). The zero-order valence-corrected chi connectivity index (χ0v) is 11.0. The van der Waals surface area contributed by atoms with Gasteiger partial charge in [-0.15, -0.1) is 0 Å². The number of rotatable bonds is 5. The summed E-state index contributed by atoms with van der Waals surface area (Å²) in [5, 5.41) is 11.6. The van der Waals surface area contributed by atoms with Crippen molar-refractivity contribution in [3.63, 3.8) is 0 Å². The summed E-state index contributed by atoms with van der Waals surface area (Å²) < 4.78 is 52.5. The molecule has 1 rings (SSSR count). The molecule has 112 valence electrons. The van der Waals surface area contributed by atoms with Crippen LogP contribution in [-0.2, 0) is 0 Å². The number of carbonyl (C=O) groups is 1. The van der Waals surface area contributed by atoms with Gasteiger partial charge >= 0.3 is 0 Å². The molecule has 2 N–H and O–H groups in total. The maximum absolute atomic E-state index is 13.3. The van der Waals surface area contributed by atoms with E-state index in [-0.39, 0.29) is 24.9 Å². The van der Waals surface area contributed by atoms with Crippen LogP contribution in [-0.4, -0.2) is 23.7 Å². The molecule has 0 bridgehead atoms. The molecule has 20 heavy (non-hydrogen) atoms. The van der Waals surface area contributed by atoms with Gasteiger partial charge in [0.15, 0.2) is 23.3 Å². The number of aliphatic hydroxyl groups excluding tert-OH is 1. The van der Waals surface area contributed by atoms with Crippen LogP contribution in [0.4, 0.5) is 17.6 Å². The van der Waals surface area contributed by atoms with E-state index in [1.807, 2.05) is 0 Å². The highest BCUT2D eigenvalue weighted by Crippen LogP contribution is 2.19. The summed E-state index contributed by atoms with van der Waals surface area (Å²) in [5.74, 6) is -8.09. The van der Waals surface area contributed by atoms with Crippen molar-refractivity contribution in [2.45, 2.75) is 26.4 Å². The third-order valence-corrected chi connectivity index (χ3v) is 2.83. The third-order valence-electron chi connectivity index (χ3n) is 2.83. The van der Waals surface area contributed by atoms with Crippen LogP contribution >= 0.6 is 0 Å². The molecule has 0 saturated heterocycles. The SMILES string of the molecule is CC(C)C(O)CCNC(=O)c1c(F)c(F)cc(F)c1F. The number of benzene rings is 1. The largest absolute Gasteiger partial charge is 0.393 e. The number of aliphatic hydroxyl groups is 1. The Balaban J connectivity index is 2.79. The van der Waals surface area contributed by atoms with Gasteiger partial charge in [0.2, 0.25) is 0 Å². The van der Waals surface area contributed by atoms with Crippen LogP contribution in [0.3, 0.4) is 0 Å². The lowest BCUT2D eigenvalue weighted by Crippen LogP contribution is -2.30. The van der Waals surface area contributed by atoms with Crippen molar-refractivity contribution in [2.75, 3.05) is 6.54 Å². The Labute approximate surface area is 113 Å². The minimum absolute atomic E-state index is 0.0317. The van der Waals surface area contributed by atoms with E-state index in [2.05, 4.69) is 5.32 Å². The Hall–Kier alpha value is -1.63. The normalized spacial score (nSPS) is 12.6. The highest BCUT2D eigenvalue weighted by atomic mass is 19.2. The van der Waals surface area contributed by atoms with Gasteiger partial charge in [0.1, 0.15) is 5.56 Å². The van der Waals surface area contributed by atoms with Crippen LogP contribution < -0.4 is 5.32 Å². The summed E-state index contributed by atoms with van der Waals surface area (Å²) in [6, 6.07) is 0.0317. The predicted molar refractivity (Wildman–Crippen MR) is 64.1 cm³/mol. The number of carbonyl (C=O) groups excluding carboxylic acids is 1. The second-order valence-corrected chi connectivity index (χ2v) is 4.70. The molecule has 1 atom stereocenters. The van der Waals surface area contributed by atoms with Gasteiger partial charge in [-0.25, -0.2) is 17.6 Å². The molecule has 0 radical (unpaired) electrons. The maximum atomic E-state index is 13.3. The summed E-state index contributed by atoms with van der Waals surface area (Å²) in [7, 11) is 0. The number of nitrogens with one attached hydrogen (secondary N) is 1. The van der Waals surface area contributed by atoms with Gasteiger partial charge < -0.3 is 10.4 Å². The van der Waals surface area contributed by atoms with Gasteiger partial charge in [0.25, 0.3) is 5.91 Å². The predicted octanol–water partition coefficient (Wildman–Crippen LogP) is 2.38. The fourth-order valence-electron chi connectivity index (χ4n) is 1.53. The lowest BCUT2D eigenvalue weighted by molar-refractivity contribution is 0.0910. The highest BCUT2D eigenvalue weighted by molar-refractivity contribution is 5.94. The molecular weight excluding hydrogens is 278 g/mol. The van der Waals surface area contributed by atoms with E-state index in [1.54, 1.807) is 13.8 Å². The fraction of sp³-hybridized carbons (Fsp3) is 0.462. The molecule has 1 aromatic carbocycles. The molecule has 1 aromatic rings. The summed E-state index contributed by atoms with van der Waals surface area (Å²) in [4.78, 5) is 11.5. The smallest absolute Gasteiger partial charge is 0.257 e. The first-order chi connectivity index (χ1) is 9.25. The van der Waals surface area contributed by atoms with Crippen LogP contribution in [0, 0.1) is 29.2 Å². The molecule has 3 nitrogen and oxygen atoms in total. The lowest BCUT2D eigenvalue weighted by Gasteiger charge is -2.14. The lowest BCUT2D eigenvalue weighted by atomic mass is 10.0. The first-order valence-corrected chi connectivity index (χ1v) is 6.05. The molecule has 0 saturated carbocycles. The minimum Gasteiger partial charge on any atom is -0.393 e. The summed E-state index contributed by atoms with van der Waals surface area (Å²) in [5.41, 5.74) is -1.30. The van der Waals surface area contributed by atoms with Crippen molar-refractivity contribution in [3.05, 3.63) is 34.9 Å². The second-order valence-electron chi connectivity index (χ2n) is 4.70. The van der Waals surface area contributed by atoms with Gasteiger partial charge in [-0.3, -0.25) is 4.79 Å². The Kier molecular flexibility index (Phi) is 5.50. The molecule has 1 unspecified atom stereocenters. The number of hydrogen-bond acceptors (Lipinski definition) is 2. The van der Waals surface area contributed by atoms with Crippen LogP contribution in [0.5, 0.6) is 0 Å². The van der Waals surface area contributed by atoms with Crippen molar-refractivity contribution < 1.29 is 27.5 Å². The van der Waals surface area contributed by atoms with Crippen molar-refractivity contribution in [1.29, 1.82) is 0 Å². The Morgan fingerprint density at radius 1 is 1.20 bits per heavy atom. The summed E-state index contributed by atoms with van der Waals surface area (Å²) in [6.45, 7) is 3.44. The van der Waals surface area contributed by atoms with Gasteiger partial charge in [-0.2, -0.15) is 0 Å². The van der Waals surface area contributed by atoms with Gasteiger partial charge in [-0.05, 0) is 12.3 Å². The van der Waals surface area contributed by atoms with E-state index >= 15 is 0 Å². The Morgan fingerprint density at radius 3 is 2.15 bits per heavy atom. The molecular formula is C13H15F4NO2. The molecule has 7 heteroatoms. The van der Waals surface area contributed by atoms with E-state index in [0.717, 1.165) is 0 Å². The van der Waals surface area contributed by atoms with Crippen molar-refractivity contribution in [3.8, 4) is 0 Å². The quantitative estimate of drug-likeness (QED) is 0.647. The summed E-state index contributed by atoms with van der Waals surface area (Å²) in [6.07, 6.45) is -0.543. The first-order valence-electron chi connectivity index (χ1n) is 6.05. The third kappa shape index (κ3) is 3.69. The van der Waals surface area contributed by atoms with Crippen LogP contribution in [0.15, 0.2) is 6.07 Å². The fourth-order valence-corrected chi connectivity index (χ4v) is 1.53. The molecule has 0 aliphatic heterocycles. The van der Waals surface area contributed by atoms with Crippen molar-refractivity contribution in [2.24, 2.45) is 5.92 Å². The van der Waals surface area contributed by atoms with Crippen LogP contribution in [0.2, 0.25) is 0 Å². The van der Waals surface area contributed by atoms with E-state index in [1.165, 1.54) is 0 Å². The van der Waals surface area contributed by atoms with Gasteiger partial charge in [0, 0.05) is 12.6 Å². The highest BCUT2D eigenvalue weighted by Gasteiger charge is 2.24. The number of halogens is 4. The number of amides is 1. The monoisotopic (exact) mass is 293 g/mol. The van der Waals surface area contributed by atoms with Gasteiger partial charge in [-0.1, -0.05) is 13.8 Å². The molecule has 0 spiro atoms. The maximum Gasteiger partial charge on any atom is 0.257 e. The van der Waals surface area contributed by atoms with Crippen molar-refractivity contribution >= 4 is 5.91 Å². The van der Waals surface area contributed by atoms with Gasteiger partial charge in [0.05, 0.1) is 6.10 Å². The first kappa shape index (κ1) is 16.4. The molecule has 1 amide bonds. The molecule has 0 aliphatic rings. The van der Waals surface area contributed by atoms with E-state index in [4.69, 9.17) is 0 Å². The average Bonchev–Trinajstić information content (AvgIpc) is 2.36. The average molecular weight is 293 g/mol. The minimum atomic E-state index is -1.74. The zero-order chi connectivity index (χ0) is 15.4. The topological polar surface area (TPSA) is 49.3 Å². The molecule has 0 heterocycles. The van der Waals surface area contributed by atoms with Crippen LogP contribution in [0.25, 0.3) is 0 Å². The molecule has 0 fully saturated rings. The zero-order valence-electron chi connectivity index (χ0n) is 11.0. The van der Waals surface area contributed by atoms with E-state index < -0.39 is 40.8 Å².